The number of fused-ring (bicyclic) bond motifs is 2. The number of hydrogen-bond acceptors (Lipinski definition) is 2. The molecule has 3 nitrogen and oxygen atoms in total. The average Bonchev–Trinajstić information content (AvgIpc) is 2.60. The molecule has 0 aromatic carbocycles. The first-order valence-electron chi connectivity index (χ1n) is 4.05. The number of carbonyl (C=O) groups is 1. The Kier molecular flexibility index (Phi) is 1.76. The summed E-state index contributed by atoms with van der Waals surface area (Å²) in [5.41, 5.74) is 0. The molecule has 2 atom stereocenters. The maximum absolute atomic E-state index is 12.0. The molecule has 0 spiro atoms. The van der Waals surface area contributed by atoms with E-state index in [1.165, 1.54) is 0 Å². The van der Waals surface area contributed by atoms with Gasteiger partial charge < -0.3 is 0 Å². The van der Waals surface area contributed by atoms with E-state index >= 15 is 0 Å². The molecule has 0 aromatic rings. The lowest BCUT2D eigenvalue weighted by atomic mass is 10.2. The third-order valence-corrected chi connectivity index (χ3v) is 2.39. The molecule has 2 fully saturated rings. The van der Waals surface area contributed by atoms with Gasteiger partial charge in [0, 0.05) is 0 Å². The zero-order chi connectivity index (χ0) is 9.64. The highest BCUT2D eigenvalue weighted by Crippen LogP contribution is 2.37. The SMILES string of the molecule is O=C(N1OC2CCC1C2)C(F)(F)F. The zero-order valence-corrected chi connectivity index (χ0v) is 6.67. The van der Waals surface area contributed by atoms with Crippen LogP contribution in [0.1, 0.15) is 19.3 Å². The van der Waals surface area contributed by atoms with Crippen molar-refractivity contribution in [2.75, 3.05) is 0 Å². The van der Waals surface area contributed by atoms with E-state index in [0.717, 1.165) is 6.42 Å². The molecule has 1 aliphatic heterocycles. The molecule has 0 radical (unpaired) electrons. The predicted molar refractivity (Wildman–Crippen MR) is 35.4 cm³/mol. The van der Waals surface area contributed by atoms with Gasteiger partial charge >= 0.3 is 12.1 Å². The van der Waals surface area contributed by atoms with Crippen LogP contribution in [0.25, 0.3) is 0 Å². The minimum atomic E-state index is -4.81. The molecule has 2 unspecified atom stereocenters. The molecule has 74 valence electrons. The Bertz CT molecular complexity index is 240. The molecule has 1 heterocycles. The second kappa shape index (κ2) is 2.60. The van der Waals surface area contributed by atoms with Gasteiger partial charge in [-0.3, -0.25) is 9.63 Å². The lowest BCUT2D eigenvalue weighted by molar-refractivity contribution is -0.238. The van der Waals surface area contributed by atoms with Crippen molar-refractivity contribution < 1.29 is 22.8 Å². The summed E-state index contributed by atoms with van der Waals surface area (Å²) in [6.45, 7) is 0. The molecule has 2 rings (SSSR count). The van der Waals surface area contributed by atoms with Gasteiger partial charge in [-0.05, 0) is 19.3 Å². The summed E-state index contributed by atoms with van der Waals surface area (Å²) in [6.07, 6.45) is -3.08. The Balaban J connectivity index is 2.07. The third-order valence-electron chi connectivity index (χ3n) is 2.39. The van der Waals surface area contributed by atoms with Crippen molar-refractivity contribution in [3.05, 3.63) is 0 Å². The normalized spacial score (nSPS) is 32.7. The molecule has 6 heteroatoms. The number of halogens is 3. The molecule has 0 N–H and O–H groups in total. The van der Waals surface area contributed by atoms with Crippen LogP contribution in [-0.4, -0.2) is 29.3 Å². The van der Waals surface area contributed by atoms with Crippen molar-refractivity contribution in [1.82, 2.24) is 5.06 Å². The Hall–Kier alpha value is -0.780. The quantitative estimate of drug-likeness (QED) is 0.582. The van der Waals surface area contributed by atoms with Crippen molar-refractivity contribution in [3.63, 3.8) is 0 Å². The summed E-state index contributed by atoms with van der Waals surface area (Å²) in [5, 5.41) is 0.494. The van der Waals surface area contributed by atoms with E-state index in [1.807, 2.05) is 0 Å². The van der Waals surface area contributed by atoms with Crippen LogP contribution in [0, 0.1) is 0 Å². The summed E-state index contributed by atoms with van der Waals surface area (Å²) < 4.78 is 35.9. The first-order valence-corrected chi connectivity index (χ1v) is 4.05. The number of rotatable bonds is 0. The van der Waals surface area contributed by atoms with E-state index in [2.05, 4.69) is 0 Å². The molecule has 2 aliphatic rings. The van der Waals surface area contributed by atoms with Crippen LogP contribution in [0.15, 0.2) is 0 Å². The van der Waals surface area contributed by atoms with Crippen LogP contribution in [0.3, 0.4) is 0 Å². The first-order chi connectivity index (χ1) is 5.98. The van der Waals surface area contributed by atoms with Gasteiger partial charge in [0.1, 0.15) is 0 Å². The fraction of sp³-hybridized carbons (Fsp3) is 0.857. The average molecular weight is 195 g/mol. The van der Waals surface area contributed by atoms with E-state index in [0.29, 0.717) is 17.9 Å². The first kappa shape index (κ1) is 8.80. The molecule has 0 aromatic heterocycles. The van der Waals surface area contributed by atoms with E-state index in [9.17, 15) is 18.0 Å². The van der Waals surface area contributed by atoms with Gasteiger partial charge in [0.25, 0.3) is 0 Å². The topological polar surface area (TPSA) is 29.5 Å². The van der Waals surface area contributed by atoms with Gasteiger partial charge in [-0.1, -0.05) is 0 Å². The third kappa shape index (κ3) is 1.39. The van der Waals surface area contributed by atoms with Crippen LogP contribution >= 0.6 is 0 Å². The van der Waals surface area contributed by atoms with Crippen LogP contribution in [-0.2, 0) is 9.63 Å². The van der Waals surface area contributed by atoms with Gasteiger partial charge in [0.15, 0.2) is 0 Å². The standard InChI is InChI=1S/C7H8F3NO2/c8-7(9,10)6(12)11-4-1-2-5(3-4)13-11/h4-5H,1-3H2. The van der Waals surface area contributed by atoms with E-state index in [1.54, 1.807) is 0 Å². The Morgan fingerprint density at radius 3 is 2.46 bits per heavy atom. The number of carbonyl (C=O) groups excluding carboxylic acids is 1. The molecule has 2 bridgehead atoms. The summed E-state index contributed by atoms with van der Waals surface area (Å²) >= 11 is 0. The summed E-state index contributed by atoms with van der Waals surface area (Å²) in [6, 6.07) is -0.362. The van der Waals surface area contributed by atoms with Crippen molar-refractivity contribution in [3.8, 4) is 0 Å². The number of hydrogen-bond donors (Lipinski definition) is 0. The lowest BCUT2D eigenvalue weighted by Gasteiger charge is -2.26. The smallest absolute Gasteiger partial charge is 0.267 e. The minimum absolute atomic E-state index is 0.184. The highest BCUT2D eigenvalue weighted by Gasteiger charge is 2.51. The lowest BCUT2D eigenvalue weighted by Crippen LogP contribution is -2.44. The monoisotopic (exact) mass is 195 g/mol. The number of amides is 1. The second-order valence-electron chi connectivity index (χ2n) is 3.32. The fourth-order valence-corrected chi connectivity index (χ4v) is 1.81. The summed E-state index contributed by atoms with van der Waals surface area (Å²) in [7, 11) is 0. The molecule has 1 saturated heterocycles. The Labute approximate surface area is 72.4 Å². The van der Waals surface area contributed by atoms with Crippen molar-refractivity contribution in [2.24, 2.45) is 0 Å². The van der Waals surface area contributed by atoms with E-state index in [4.69, 9.17) is 4.84 Å². The largest absolute Gasteiger partial charge is 0.473 e. The number of alkyl halides is 3. The number of nitrogens with zero attached hydrogens (tertiary/aromatic N) is 1. The van der Waals surface area contributed by atoms with Crippen LogP contribution in [0.4, 0.5) is 13.2 Å². The maximum atomic E-state index is 12.0. The molecule has 13 heavy (non-hydrogen) atoms. The zero-order valence-electron chi connectivity index (χ0n) is 6.67. The molecule has 1 aliphatic carbocycles. The van der Waals surface area contributed by atoms with Gasteiger partial charge in [-0.2, -0.15) is 13.2 Å². The Morgan fingerprint density at radius 2 is 2.08 bits per heavy atom. The summed E-state index contributed by atoms with van der Waals surface area (Å²) in [5.74, 6) is -1.88. The van der Waals surface area contributed by atoms with Gasteiger partial charge in [0.05, 0.1) is 12.1 Å². The molecular weight excluding hydrogens is 187 g/mol. The van der Waals surface area contributed by atoms with Crippen molar-refractivity contribution in [1.29, 1.82) is 0 Å². The Morgan fingerprint density at radius 1 is 1.38 bits per heavy atom. The highest BCUT2D eigenvalue weighted by molar-refractivity contribution is 5.81. The predicted octanol–water partition coefficient (Wildman–Crippen LogP) is 1.24. The van der Waals surface area contributed by atoms with Crippen molar-refractivity contribution >= 4 is 5.91 Å². The van der Waals surface area contributed by atoms with Crippen LogP contribution < -0.4 is 0 Å². The fourth-order valence-electron chi connectivity index (χ4n) is 1.81. The van der Waals surface area contributed by atoms with Gasteiger partial charge in [-0.25, -0.2) is 5.06 Å². The summed E-state index contributed by atoms with van der Waals surface area (Å²) in [4.78, 5) is 15.5. The van der Waals surface area contributed by atoms with Crippen LogP contribution in [0.5, 0.6) is 0 Å². The number of hydroxylamine groups is 2. The molecule has 1 amide bonds. The van der Waals surface area contributed by atoms with Crippen molar-refractivity contribution in [2.45, 2.75) is 37.6 Å². The van der Waals surface area contributed by atoms with E-state index < -0.39 is 12.1 Å². The molecular formula is C7H8F3NO2. The maximum Gasteiger partial charge on any atom is 0.473 e. The highest BCUT2D eigenvalue weighted by atomic mass is 19.4. The molecule has 1 saturated carbocycles. The van der Waals surface area contributed by atoms with Gasteiger partial charge in [-0.15, -0.1) is 0 Å². The second-order valence-corrected chi connectivity index (χ2v) is 3.32. The minimum Gasteiger partial charge on any atom is -0.267 e. The van der Waals surface area contributed by atoms with E-state index in [-0.39, 0.29) is 12.1 Å². The van der Waals surface area contributed by atoms with Crippen LogP contribution in [0.2, 0.25) is 0 Å². The van der Waals surface area contributed by atoms with Gasteiger partial charge in [0.2, 0.25) is 0 Å².